The van der Waals surface area contributed by atoms with Crippen LogP contribution in [-0.4, -0.2) is 57.8 Å². The fourth-order valence-corrected chi connectivity index (χ4v) is 3.35. The van der Waals surface area contributed by atoms with Gasteiger partial charge in [0.15, 0.2) is 0 Å². The van der Waals surface area contributed by atoms with Crippen LogP contribution in [0, 0.1) is 0 Å². The van der Waals surface area contributed by atoms with Crippen molar-refractivity contribution < 1.29 is 8.42 Å². The lowest BCUT2D eigenvalue weighted by atomic mass is 10.2. The Kier molecular flexibility index (Phi) is 7.14. The molecule has 1 aliphatic rings. The van der Waals surface area contributed by atoms with Gasteiger partial charge in [-0.05, 0) is 38.9 Å². The maximum atomic E-state index is 11.8. The minimum Gasteiger partial charge on any atom is -0.316 e. The molecule has 18 heavy (non-hydrogen) atoms. The first-order chi connectivity index (χ1) is 8.59. The van der Waals surface area contributed by atoms with Crippen molar-refractivity contribution in [3.8, 4) is 0 Å². The van der Waals surface area contributed by atoms with E-state index in [1.807, 2.05) is 0 Å². The Balaban J connectivity index is 2.24. The van der Waals surface area contributed by atoms with E-state index in [2.05, 4.69) is 28.8 Å². The molecule has 0 aromatic carbocycles. The van der Waals surface area contributed by atoms with Gasteiger partial charge in [-0.3, -0.25) is 4.90 Å². The van der Waals surface area contributed by atoms with E-state index in [0.717, 1.165) is 32.5 Å². The van der Waals surface area contributed by atoms with E-state index in [1.165, 1.54) is 6.42 Å². The normalized spacial score (nSPS) is 21.6. The van der Waals surface area contributed by atoms with E-state index in [4.69, 9.17) is 0 Å². The summed E-state index contributed by atoms with van der Waals surface area (Å²) in [6.45, 7) is 8.27. The van der Waals surface area contributed by atoms with Crippen LogP contribution in [0.3, 0.4) is 0 Å². The second-order valence-corrected chi connectivity index (χ2v) is 6.77. The third-order valence-electron chi connectivity index (χ3n) is 3.42. The highest BCUT2D eigenvalue weighted by Crippen LogP contribution is 2.15. The van der Waals surface area contributed by atoms with E-state index in [9.17, 15) is 8.42 Å². The summed E-state index contributed by atoms with van der Waals surface area (Å²) in [7, 11) is -3.12. The van der Waals surface area contributed by atoms with Gasteiger partial charge >= 0.3 is 0 Å². The highest BCUT2D eigenvalue weighted by molar-refractivity contribution is 7.89. The zero-order valence-electron chi connectivity index (χ0n) is 11.6. The first-order valence-corrected chi connectivity index (χ1v) is 8.66. The SMILES string of the molecule is CCCNCCS(=O)(=O)NCC1CCCN1CC. The maximum Gasteiger partial charge on any atom is 0.212 e. The Morgan fingerprint density at radius 3 is 2.72 bits per heavy atom. The van der Waals surface area contributed by atoms with Crippen LogP contribution in [0.5, 0.6) is 0 Å². The van der Waals surface area contributed by atoms with E-state index in [-0.39, 0.29) is 5.75 Å². The van der Waals surface area contributed by atoms with Gasteiger partial charge in [0.05, 0.1) is 5.75 Å². The summed E-state index contributed by atoms with van der Waals surface area (Å²) < 4.78 is 26.3. The molecule has 0 aromatic heterocycles. The molecule has 0 bridgehead atoms. The van der Waals surface area contributed by atoms with E-state index < -0.39 is 10.0 Å². The third-order valence-corrected chi connectivity index (χ3v) is 4.77. The molecule has 0 aromatic rings. The Labute approximate surface area is 111 Å². The maximum absolute atomic E-state index is 11.8. The zero-order chi connectivity index (χ0) is 13.4. The van der Waals surface area contributed by atoms with Crippen LogP contribution < -0.4 is 10.0 Å². The van der Waals surface area contributed by atoms with Gasteiger partial charge in [-0.1, -0.05) is 13.8 Å². The van der Waals surface area contributed by atoms with Crippen molar-refractivity contribution in [3.05, 3.63) is 0 Å². The molecule has 0 radical (unpaired) electrons. The number of rotatable bonds is 9. The molecule has 108 valence electrons. The largest absolute Gasteiger partial charge is 0.316 e. The third kappa shape index (κ3) is 5.65. The molecule has 5 nitrogen and oxygen atoms in total. The predicted octanol–water partition coefficient (Wildman–Crippen LogP) is 0.390. The lowest BCUT2D eigenvalue weighted by Crippen LogP contribution is -2.41. The second-order valence-electron chi connectivity index (χ2n) is 4.84. The molecule has 1 rings (SSSR count). The molecule has 2 N–H and O–H groups in total. The summed E-state index contributed by atoms with van der Waals surface area (Å²) in [6.07, 6.45) is 3.31. The lowest BCUT2D eigenvalue weighted by molar-refractivity contribution is 0.268. The zero-order valence-corrected chi connectivity index (χ0v) is 12.4. The van der Waals surface area contributed by atoms with Crippen LogP contribution in [-0.2, 0) is 10.0 Å². The van der Waals surface area contributed by atoms with Crippen LogP contribution >= 0.6 is 0 Å². The van der Waals surface area contributed by atoms with E-state index >= 15 is 0 Å². The molecular weight excluding hydrogens is 250 g/mol. The average molecular weight is 277 g/mol. The topological polar surface area (TPSA) is 61.4 Å². The van der Waals surface area contributed by atoms with Crippen molar-refractivity contribution in [3.63, 3.8) is 0 Å². The average Bonchev–Trinajstić information content (AvgIpc) is 2.80. The fraction of sp³-hybridized carbons (Fsp3) is 1.00. The summed E-state index contributed by atoms with van der Waals surface area (Å²) in [4.78, 5) is 2.35. The Morgan fingerprint density at radius 2 is 2.06 bits per heavy atom. The van der Waals surface area contributed by atoms with Crippen molar-refractivity contribution in [1.29, 1.82) is 0 Å². The number of likely N-dealkylation sites (tertiary alicyclic amines) is 1. The molecule has 1 fully saturated rings. The van der Waals surface area contributed by atoms with Crippen molar-refractivity contribution in [2.45, 2.75) is 39.2 Å². The van der Waals surface area contributed by atoms with Gasteiger partial charge < -0.3 is 5.32 Å². The second kappa shape index (κ2) is 8.09. The molecule has 1 atom stereocenters. The van der Waals surface area contributed by atoms with Gasteiger partial charge in [0.2, 0.25) is 10.0 Å². The number of nitrogens with one attached hydrogen (secondary N) is 2. The van der Waals surface area contributed by atoms with Gasteiger partial charge in [0.25, 0.3) is 0 Å². The Hall–Kier alpha value is -0.170. The monoisotopic (exact) mass is 277 g/mol. The molecule has 0 saturated carbocycles. The van der Waals surface area contributed by atoms with Crippen LogP contribution in [0.15, 0.2) is 0 Å². The number of hydrogen-bond acceptors (Lipinski definition) is 4. The van der Waals surface area contributed by atoms with Crippen LogP contribution in [0.1, 0.15) is 33.1 Å². The smallest absolute Gasteiger partial charge is 0.212 e. The van der Waals surface area contributed by atoms with Crippen LogP contribution in [0.2, 0.25) is 0 Å². The molecule has 0 spiro atoms. The molecular formula is C12H27N3O2S. The van der Waals surface area contributed by atoms with E-state index in [0.29, 0.717) is 19.1 Å². The summed E-state index contributed by atoms with van der Waals surface area (Å²) in [5.41, 5.74) is 0. The minimum absolute atomic E-state index is 0.172. The quantitative estimate of drug-likeness (QED) is 0.599. The van der Waals surface area contributed by atoms with Gasteiger partial charge in [0.1, 0.15) is 0 Å². The molecule has 1 saturated heterocycles. The van der Waals surface area contributed by atoms with Gasteiger partial charge in [0, 0.05) is 19.1 Å². The van der Waals surface area contributed by atoms with Crippen LogP contribution in [0.4, 0.5) is 0 Å². The lowest BCUT2D eigenvalue weighted by Gasteiger charge is -2.22. The minimum atomic E-state index is -3.12. The summed E-state index contributed by atoms with van der Waals surface area (Å²) in [5, 5.41) is 3.11. The first kappa shape index (κ1) is 15.9. The highest BCUT2D eigenvalue weighted by atomic mass is 32.2. The van der Waals surface area contributed by atoms with Crippen molar-refractivity contribution in [1.82, 2.24) is 14.9 Å². The molecule has 1 heterocycles. The van der Waals surface area contributed by atoms with E-state index in [1.54, 1.807) is 0 Å². The van der Waals surface area contributed by atoms with Crippen molar-refractivity contribution in [2.75, 3.05) is 38.5 Å². The highest BCUT2D eigenvalue weighted by Gasteiger charge is 2.24. The molecule has 1 unspecified atom stereocenters. The number of sulfonamides is 1. The molecule has 6 heteroatoms. The van der Waals surface area contributed by atoms with Gasteiger partial charge in [-0.2, -0.15) is 0 Å². The van der Waals surface area contributed by atoms with Crippen LogP contribution in [0.25, 0.3) is 0 Å². The summed E-state index contributed by atoms with van der Waals surface area (Å²) in [6, 6.07) is 0.383. The number of nitrogens with zero attached hydrogens (tertiary/aromatic N) is 1. The molecule has 1 aliphatic heterocycles. The molecule has 0 amide bonds. The number of likely N-dealkylation sites (N-methyl/N-ethyl adjacent to an activating group) is 1. The summed E-state index contributed by atoms with van der Waals surface area (Å²) >= 11 is 0. The van der Waals surface area contributed by atoms with Gasteiger partial charge in [-0.15, -0.1) is 0 Å². The Morgan fingerprint density at radius 1 is 1.28 bits per heavy atom. The summed E-state index contributed by atoms with van der Waals surface area (Å²) in [5.74, 6) is 0.172. The number of hydrogen-bond donors (Lipinski definition) is 2. The Bertz CT molecular complexity index is 319. The van der Waals surface area contributed by atoms with Gasteiger partial charge in [-0.25, -0.2) is 13.1 Å². The first-order valence-electron chi connectivity index (χ1n) is 7.01. The predicted molar refractivity (Wildman–Crippen MR) is 75.2 cm³/mol. The molecule has 0 aliphatic carbocycles. The standard InChI is InChI=1S/C12H27N3O2S/c1-3-7-13-8-10-18(16,17)14-11-12-6-5-9-15(12)4-2/h12-14H,3-11H2,1-2H3. The fourth-order valence-electron chi connectivity index (χ4n) is 2.35. The van der Waals surface area contributed by atoms with Crippen molar-refractivity contribution >= 4 is 10.0 Å². The van der Waals surface area contributed by atoms with Crippen molar-refractivity contribution in [2.24, 2.45) is 0 Å².